The molecule has 1 aromatic rings. The average Bonchev–Trinajstić information content (AvgIpc) is 2.31. The second-order valence-electron chi connectivity index (χ2n) is 3.12. The quantitative estimate of drug-likeness (QED) is 0.623. The summed E-state index contributed by atoms with van der Waals surface area (Å²) in [5.41, 5.74) is -0.163. The minimum atomic E-state index is -3.11. The van der Waals surface area contributed by atoms with Crippen LogP contribution in [-0.4, -0.2) is 30.3 Å². The van der Waals surface area contributed by atoms with Crippen molar-refractivity contribution >= 4 is 7.60 Å². The second-order valence-corrected chi connectivity index (χ2v) is 5.52. The summed E-state index contributed by atoms with van der Waals surface area (Å²) in [4.78, 5) is 11.1. The van der Waals surface area contributed by atoms with Crippen LogP contribution in [0, 0.1) is 0 Å². The van der Waals surface area contributed by atoms with E-state index in [2.05, 4.69) is 0 Å². The molecule has 0 bridgehead atoms. The molecule has 0 aromatic carbocycles. The van der Waals surface area contributed by atoms with Crippen molar-refractivity contribution in [3.05, 3.63) is 34.2 Å². The van der Waals surface area contributed by atoms with E-state index in [4.69, 9.17) is 9.05 Å². The van der Waals surface area contributed by atoms with E-state index in [9.17, 15) is 14.6 Å². The summed E-state index contributed by atoms with van der Waals surface area (Å²) in [5, 5.41) is 9.37. The molecular weight excluding hydrogens is 233 g/mol. The fraction of sp³-hybridized carbons (Fsp3) is 0.444. The van der Waals surface area contributed by atoms with Crippen molar-refractivity contribution in [3.63, 3.8) is 0 Å². The molecule has 1 aromatic heterocycles. The molecular formula is C9H14NO5P. The van der Waals surface area contributed by atoms with Crippen molar-refractivity contribution in [2.45, 2.75) is 6.42 Å². The highest BCUT2D eigenvalue weighted by atomic mass is 31.2. The molecule has 16 heavy (non-hydrogen) atoms. The SMILES string of the molecule is COP(=O)(CCc1cccc(=O)n1O)OC. The predicted octanol–water partition coefficient (Wildman–Crippen LogP) is 1.11. The van der Waals surface area contributed by atoms with Gasteiger partial charge in [0.25, 0.3) is 5.56 Å². The van der Waals surface area contributed by atoms with Gasteiger partial charge in [-0.05, 0) is 6.07 Å². The number of hydrogen-bond donors (Lipinski definition) is 1. The topological polar surface area (TPSA) is 77.8 Å². The molecule has 0 fully saturated rings. The van der Waals surface area contributed by atoms with Crippen LogP contribution in [0.15, 0.2) is 23.0 Å². The minimum absolute atomic E-state index is 0.101. The Labute approximate surface area is 92.9 Å². The van der Waals surface area contributed by atoms with Gasteiger partial charge in [0, 0.05) is 26.7 Å². The van der Waals surface area contributed by atoms with E-state index in [-0.39, 0.29) is 12.6 Å². The molecule has 1 heterocycles. The Bertz CT molecular complexity index is 447. The molecule has 0 aliphatic rings. The fourth-order valence-corrected chi connectivity index (χ4v) is 2.24. The first kappa shape index (κ1) is 13.0. The lowest BCUT2D eigenvalue weighted by atomic mass is 10.3. The lowest BCUT2D eigenvalue weighted by Crippen LogP contribution is -2.20. The third-order valence-electron chi connectivity index (χ3n) is 2.21. The number of aromatic nitrogens is 1. The van der Waals surface area contributed by atoms with E-state index in [0.29, 0.717) is 10.4 Å². The van der Waals surface area contributed by atoms with Gasteiger partial charge in [-0.25, -0.2) is 0 Å². The van der Waals surface area contributed by atoms with Crippen molar-refractivity contribution in [1.82, 2.24) is 4.73 Å². The van der Waals surface area contributed by atoms with Crippen molar-refractivity contribution in [1.29, 1.82) is 0 Å². The third-order valence-corrected chi connectivity index (χ3v) is 4.09. The van der Waals surface area contributed by atoms with Crippen LogP contribution >= 0.6 is 7.60 Å². The highest BCUT2D eigenvalue weighted by Crippen LogP contribution is 2.46. The monoisotopic (exact) mass is 247 g/mol. The van der Waals surface area contributed by atoms with E-state index >= 15 is 0 Å². The van der Waals surface area contributed by atoms with Crippen molar-refractivity contribution < 1.29 is 18.8 Å². The Hall–Kier alpha value is -1.10. The van der Waals surface area contributed by atoms with Gasteiger partial charge in [-0.2, -0.15) is 4.73 Å². The maximum atomic E-state index is 11.7. The summed E-state index contributed by atoms with van der Waals surface area (Å²) in [6, 6.07) is 4.32. The first-order valence-corrected chi connectivity index (χ1v) is 6.36. The molecule has 0 amide bonds. The van der Waals surface area contributed by atoms with Gasteiger partial charge in [-0.3, -0.25) is 9.36 Å². The van der Waals surface area contributed by atoms with Crippen LogP contribution in [0.1, 0.15) is 5.69 Å². The van der Waals surface area contributed by atoms with Gasteiger partial charge in [0.1, 0.15) is 0 Å². The number of hydrogen-bond acceptors (Lipinski definition) is 5. The predicted molar refractivity (Wildman–Crippen MR) is 58.1 cm³/mol. The molecule has 90 valence electrons. The van der Waals surface area contributed by atoms with Crippen molar-refractivity contribution in [2.24, 2.45) is 0 Å². The lowest BCUT2D eigenvalue weighted by Gasteiger charge is -2.13. The zero-order chi connectivity index (χ0) is 12.2. The van der Waals surface area contributed by atoms with Crippen LogP contribution in [0.2, 0.25) is 0 Å². The molecule has 0 saturated heterocycles. The molecule has 0 spiro atoms. The number of rotatable bonds is 5. The van der Waals surface area contributed by atoms with Crippen molar-refractivity contribution in [2.75, 3.05) is 20.4 Å². The summed E-state index contributed by atoms with van der Waals surface area (Å²) in [5.74, 6) is 0. The molecule has 0 aliphatic carbocycles. The molecule has 1 N–H and O–H groups in total. The highest BCUT2D eigenvalue weighted by molar-refractivity contribution is 7.53. The van der Waals surface area contributed by atoms with E-state index in [1.165, 1.54) is 26.4 Å². The van der Waals surface area contributed by atoms with Gasteiger partial charge >= 0.3 is 7.60 Å². The number of nitrogens with zero attached hydrogens (tertiary/aromatic N) is 1. The van der Waals surface area contributed by atoms with Crippen LogP contribution in [0.5, 0.6) is 0 Å². The van der Waals surface area contributed by atoms with Gasteiger partial charge in [0.2, 0.25) is 0 Å². The van der Waals surface area contributed by atoms with E-state index < -0.39 is 13.2 Å². The molecule has 0 atom stereocenters. The summed E-state index contributed by atoms with van der Waals surface area (Å²) in [6.45, 7) is 0. The first-order valence-electron chi connectivity index (χ1n) is 4.63. The Morgan fingerprint density at radius 1 is 1.38 bits per heavy atom. The maximum absolute atomic E-state index is 11.7. The Kier molecular flexibility index (Phi) is 4.29. The van der Waals surface area contributed by atoms with E-state index in [0.717, 1.165) is 0 Å². The minimum Gasteiger partial charge on any atom is -0.425 e. The largest absolute Gasteiger partial charge is 0.425 e. The van der Waals surface area contributed by atoms with Gasteiger partial charge in [-0.15, -0.1) is 0 Å². The van der Waals surface area contributed by atoms with Gasteiger partial charge < -0.3 is 14.3 Å². The van der Waals surface area contributed by atoms with E-state index in [1.54, 1.807) is 6.07 Å². The van der Waals surface area contributed by atoms with Crippen molar-refractivity contribution in [3.8, 4) is 0 Å². The van der Waals surface area contributed by atoms with Gasteiger partial charge in [0.15, 0.2) is 0 Å². The maximum Gasteiger partial charge on any atom is 0.330 e. The summed E-state index contributed by atoms with van der Waals surface area (Å²) >= 11 is 0. The molecule has 0 saturated carbocycles. The normalized spacial score (nSPS) is 11.6. The highest BCUT2D eigenvalue weighted by Gasteiger charge is 2.21. The molecule has 0 radical (unpaired) electrons. The van der Waals surface area contributed by atoms with Gasteiger partial charge in [-0.1, -0.05) is 6.07 Å². The van der Waals surface area contributed by atoms with Gasteiger partial charge in [0.05, 0.1) is 11.9 Å². The zero-order valence-corrected chi connectivity index (χ0v) is 10.0. The smallest absolute Gasteiger partial charge is 0.330 e. The summed E-state index contributed by atoms with van der Waals surface area (Å²) < 4.78 is 21.7. The fourth-order valence-electron chi connectivity index (χ4n) is 1.22. The molecule has 1 rings (SSSR count). The molecule has 6 nitrogen and oxygen atoms in total. The average molecular weight is 247 g/mol. The zero-order valence-electron chi connectivity index (χ0n) is 9.12. The number of aryl methyl sites for hydroxylation is 1. The van der Waals surface area contributed by atoms with Crippen LogP contribution in [-0.2, 0) is 20.0 Å². The third kappa shape index (κ3) is 2.95. The Morgan fingerprint density at radius 3 is 2.56 bits per heavy atom. The van der Waals surface area contributed by atoms with Crippen LogP contribution in [0.25, 0.3) is 0 Å². The van der Waals surface area contributed by atoms with Crippen LogP contribution in [0.3, 0.4) is 0 Å². The molecule has 0 unspecified atom stereocenters. The summed E-state index contributed by atoms with van der Waals surface area (Å²) in [7, 11) is -0.522. The molecule has 0 aliphatic heterocycles. The Balaban J connectivity index is 2.79. The lowest BCUT2D eigenvalue weighted by molar-refractivity contribution is 0.165. The second kappa shape index (κ2) is 5.30. The van der Waals surface area contributed by atoms with Crippen LogP contribution in [0.4, 0.5) is 0 Å². The van der Waals surface area contributed by atoms with Crippen LogP contribution < -0.4 is 5.56 Å². The molecule has 7 heteroatoms. The standard InChI is InChI=1S/C9H14NO5P/c1-14-16(13,15-2)7-6-8-4-3-5-9(11)10(8)12/h3-5,12H,6-7H2,1-2H3. The first-order chi connectivity index (χ1) is 7.52. The van der Waals surface area contributed by atoms with E-state index in [1.807, 2.05) is 0 Å². The number of pyridine rings is 1. The Morgan fingerprint density at radius 2 is 2.00 bits per heavy atom. The summed E-state index contributed by atoms with van der Waals surface area (Å²) in [6.07, 6.45) is 0.329.